The summed E-state index contributed by atoms with van der Waals surface area (Å²) in [5, 5.41) is 14.4. The average Bonchev–Trinajstić information content (AvgIpc) is 2.51. The highest BCUT2D eigenvalue weighted by molar-refractivity contribution is 6.05. The maximum atomic E-state index is 12.2. The summed E-state index contributed by atoms with van der Waals surface area (Å²) in [4.78, 5) is 12.2. The van der Waals surface area contributed by atoms with E-state index >= 15 is 0 Å². The molecule has 2 aromatic rings. The molecule has 0 aliphatic rings. The standard InChI is InChI=1S/C16H17N3O2/c1-10-4-3-5-14(11(10)2)18-16(20)13-8-6-12(7-9-13)15(17)19-21/h3-9,21H,1-2H3,(H2,17,19)(H,18,20). The molecule has 0 saturated carbocycles. The molecule has 0 aliphatic carbocycles. The molecule has 5 nitrogen and oxygen atoms in total. The zero-order chi connectivity index (χ0) is 15.4. The quantitative estimate of drug-likeness (QED) is 0.350. The van der Waals surface area contributed by atoms with Crippen molar-refractivity contribution in [1.29, 1.82) is 0 Å². The number of amides is 1. The first-order chi connectivity index (χ1) is 10.0. The summed E-state index contributed by atoms with van der Waals surface area (Å²) in [5.41, 5.74) is 9.49. The summed E-state index contributed by atoms with van der Waals surface area (Å²) in [7, 11) is 0. The van der Waals surface area contributed by atoms with Gasteiger partial charge in [0.25, 0.3) is 5.91 Å². The van der Waals surface area contributed by atoms with Crippen molar-refractivity contribution in [1.82, 2.24) is 0 Å². The van der Waals surface area contributed by atoms with Crippen molar-refractivity contribution in [2.45, 2.75) is 13.8 Å². The molecule has 0 spiro atoms. The molecule has 0 radical (unpaired) electrons. The minimum Gasteiger partial charge on any atom is -0.409 e. The summed E-state index contributed by atoms with van der Waals surface area (Å²) >= 11 is 0. The van der Waals surface area contributed by atoms with E-state index in [9.17, 15) is 4.79 Å². The van der Waals surface area contributed by atoms with Crippen LogP contribution in [0.3, 0.4) is 0 Å². The van der Waals surface area contributed by atoms with Crippen LogP contribution in [0.25, 0.3) is 0 Å². The molecule has 21 heavy (non-hydrogen) atoms. The maximum Gasteiger partial charge on any atom is 0.255 e. The van der Waals surface area contributed by atoms with E-state index in [0.717, 1.165) is 16.8 Å². The number of anilines is 1. The Morgan fingerprint density at radius 3 is 2.33 bits per heavy atom. The Morgan fingerprint density at radius 2 is 1.71 bits per heavy atom. The minimum atomic E-state index is -0.199. The van der Waals surface area contributed by atoms with E-state index in [1.54, 1.807) is 24.3 Å². The van der Waals surface area contributed by atoms with Gasteiger partial charge in [-0.2, -0.15) is 0 Å². The fraction of sp³-hybridized carbons (Fsp3) is 0.125. The lowest BCUT2D eigenvalue weighted by Gasteiger charge is -2.10. The van der Waals surface area contributed by atoms with Crippen LogP contribution < -0.4 is 11.1 Å². The van der Waals surface area contributed by atoms with Crippen LogP contribution in [0.15, 0.2) is 47.6 Å². The number of carbonyl (C=O) groups is 1. The van der Waals surface area contributed by atoms with E-state index in [1.165, 1.54) is 0 Å². The SMILES string of the molecule is Cc1cccc(NC(=O)c2ccc(/C(N)=N/O)cc2)c1C. The number of aryl methyl sites for hydroxylation is 1. The van der Waals surface area contributed by atoms with Gasteiger partial charge in [0, 0.05) is 16.8 Å². The third kappa shape index (κ3) is 3.20. The predicted octanol–water partition coefficient (Wildman–Crippen LogP) is 2.65. The molecule has 0 aliphatic heterocycles. The van der Waals surface area contributed by atoms with Crippen LogP contribution in [0.5, 0.6) is 0 Å². The number of hydrogen-bond acceptors (Lipinski definition) is 3. The molecule has 108 valence electrons. The maximum absolute atomic E-state index is 12.2. The molecular weight excluding hydrogens is 266 g/mol. The molecule has 5 heteroatoms. The molecule has 0 heterocycles. The summed E-state index contributed by atoms with van der Waals surface area (Å²) in [6.07, 6.45) is 0. The lowest BCUT2D eigenvalue weighted by Crippen LogP contribution is -2.15. The third-order valence-electron chi connectivity index (χ3n) is 3.40. The van der Waals surface area contributed by atoms with Crippen molar-refractivity contribution in [3.63, 3.8) is 0 Å². The van der Waals surface area contributed by atoms with Gasteiger partial charge in [-0.3, -0.25) is 4.79 Å². The Balaban J connectivity index is 2.19. The molecule has 4 N–H and O–H groups in total. The summed E-state index contributed by atoms with van der Waals surface area (Å²) < 4.78 is 0. The number of oxime groups is 1. The zero-order valence-corrected chi connectivity index (χ0v) is 11.9. The average molecular weight is 283 g/mol. The van der Waals surface area contributed by atoms with Gasteiger partial charge < -0.3 is 16.3 Å². The number of benzene rings is 2. The van der Waals surface area contributed by atoms with Gasteiger partial charge in [-0.05, 0) is 43.2 Å². The van der Waals surface area contributed by atoms with E-state index in [0.29, 0.717) is 11.1 Å². The largest absolute Gasteiger partial charge is 0.409 e. The zero-order valence-electron chi connectivity index (χ0n) is 11.9. The lowest BCUT2D eigenvalue weighted by atomic mass is 10.1. The first-order valence-electron chi connectivity index (χ1n) is 6.48. The van der Waals surface area contributed by atoms with Crippen LogP contribution >= 0.6 is 0 Å². The minimum absolute atomic E-state index is 0.0106. The Hall–Kier alpha value is -2.82. The monoisotopic (exact) mass is 283 g/mol. The van der Waals surface area contributed by atoms with Crippen LogP contribution in [0, 0.1) is 13.8 Å². The first kappa shape index (κ1) is 14.6. The number of rotatable bonds is 3. The number of amidine groups is 1. The third-order valence-corrected chi connectivity index (χ3v) is 3.40. The second-order valence-electron chi connectivity index (χ2n) is 4.76. The second-order valence-corrected chi connectivity index (χ2v) is 4.76. The highest BCUT2D eigenvalue weighted by Crippen LogP contribution is 2.19. The van der Waals surface area contributed by atoms with Crippen molar-refractivity contribution < 1.29 is 10.0 Å². The van der Waals surface area contributed by atoms with E-state index < -0.39 is 0 Å². The number of hydrogen-bond donors (Lipinski definition) is 3. The van der Waals surface area contributed by atoms with Gasteiger partial charge in [0.15, 0.2) is 5.84 Å². The van der Waals surface area contributed by atoms with E-state index in [2.05, 4.69) is 10.5 Å². The molecule has 0 aromatic heterocycles. The van der Waals surface area contributed by atoms with Crippen molar-refractivity contribution in [3.05, 3.63) is 64.7 Å². The Labute approximate surface area is 123 Å². The summed E-state index contributed by atoms with van der Waals surface area (Å²) in [6, 6.07) is 12.3. The molecular formula is C16H17N3O2. The van der Waals surface area contributed by atoms with Crippen molar-refractivity contribution in [2.24, 2.45) is 10.9 Å². The van der Waals surface area contributed by atoms with Gasteiger partial charge in [-0.1, -0.05) is 29.4 Å². The highest BCUT2D eigenvalue weighted by atomic mass is 16.4. The Bertz CT molecular complexity index is 691. The van der Waals surface area contributed by atoms with Crippen LogP contribution in [0.4, 0.5) is 5.69 Å². The van der Waals surface area contributed by atoms with E-state index in [1.807, 2.05) is 32.0 Å². The van der Waals surface area contributed by atoms with E-state index in [-0.39, 0.29) is 11.7 Å². The molecule has 0 bridgehead atoms. The fourth-order valence-electron chi connectivity index (χ4n) is 1.93. The van der Waals surface area contributed by atoms with Gasteiger partial charge in [-0.15, -0.1) is 0 Å². The van der Waals surface area contributed by atoms with Crippen LogP contribution in [-0.2, 0) is 0 Å². The summed E-state index contributed by atoms with van der Waals surface area (Å²) in [6.45, 7) is 3.96. The number of nitrogens with one attached hydrogen (secondary N) is 1. The highest BCUT2D eigenvalue weighted by Gasteiger charge is 2.09. The molecule has 2 aromatic carbocycles. The van der Waals surface area contributed by atoms with Crippen molar-refractivity contribution in [2.75, 3.05) is 5.32 Å². The lowest BCUT2D eigenvalue weighted by molar-refractivity contribution is 0.102. The van der Waals surface area contributed by atoms with Crippen molar-refractivity contribution in [3.8, 4) is 0 Å². The normalized spacial score (nSPS) is 11.2. The Morgan fingerprint density at radius 1 is 1.10 bits per heavy atom. The number of nitrogens with zero attached hydrogens (tertiary/aromatic N) is 1. The number of nitrogens with two attached hydrogens (primary N) is 1. The second kappa shape index (κ2) is 6.09. The van der Waals surface area contributed by atoms with Gasteiger partial charge in [-0.25, -0.2) is 0 Å². The molecule has 2 rings (SSSR count). The fourth-order valence-corrected chi connectivity index (χ4v) is 1.93. The number of carbonyl (C=O) groups excluding carboxylic acids is 1. The van der Waals surface area contributed by atoms with Crippen molar-refractivity contribution >= 4 is 17.4 Å². The predicted molar refractivity (Wildman–Crippen MR) is 82.8 cm³/mol. The van der Waals surface area contributed by atoms with Crippen LogP contribution in [0.2, 0.25) is 0 Å². The first-order valence-corrected chi connectivity index (χ1v) is 6.48. The summed E-state index contributed by atoms with van der Waals surface area (Å²) in [5.74, 6) is -0.189. The molecule has 0 saturated heterocycles. The van der Waals surface area contributed by atoms with Crippen LogP contribution in [0.1, 0.15) is 27.0 Å². The molecule has 0 fully saturated rings. The van der Waals surface area contributed by atoms with Gasteiger partial charge in [0.2, 0.25) is 0 Å². The molecule has 0 atom stereocenters. The van der Waals surface area contributed by atoms with E-state index in [4.69, 9.17) is 10.9 Å². The van der Waals surface area contributed by atoms with Gasteiger partial charge >= 0.3 is 0 Å². The van der Waals surface area contributed by atoms with Gasteiger partial charge in [0.05, 0.1) is 0 Å². The smallest absolute Gasteiger partial charge is 0.255 e. The molecule has 1 amide bonds. The Kier molecular flexibility index (Phi) is 4.23. The van der Waals surface area contributed by atoms with Gasteiger partial charge in [0.1, 0.15) is 0 Å². The topological polar surface area (TPSA) is 87.7 Å². The van der Waals surface area contributed by atoms with Crippen LogP contribution in [-0.4, -0.2) is 17.0 Å². The molecule has 0 unspecified atom stereocenters.